The minimum absolute atomic E-state index is 0.0477. The van der Waals surface area contributed by atoms with Crippen molar-refractivity contribution < 1.29 is 9.53 Å². The van der Waals surface area contributed by atoms with Crippen molar-refractivity contribution in [2.24, 2.45) is 7.05 Å². The summed E-state index contributed by atoms with van der Waals surface area (Å²) >= 11 is 0. The number of rotatable bonds is 2. The van der Waals surface area contributed by atoms with Gasteiger partial charge in [0.2, 0.25) is 0 Å². The molecule has 0 radical (unpaired) electrons. The van der Waals surface area contributed by atoms with E-state index in [1.807, 2.05) is 43.1 Å². The van der Waals surface area contributed by atoms with E-state index in [2.05, 4.69) is 14.5 Å². The van der Waals surface area contributed by atoms with Crippen molar-refractivity contribution in [3.63, 3.8) is 0 Å². The first-order valence-electron chi connectivity index (χ1n) is 8.37. The van der Waals surface area contributed by atoms with Gasteiger partial charge >= 0.3 is 0 Å². The Morgan fingerprint density at radius 2 is 2.12 bits per heavy atom. The molecule has 25 heavy (non-hydrogen) atoms. The molecule has 1 saturated heterocycles. The lowest BCUT2D eigenvalue weighted by Gasteiger charge is -2.32. The maximum absolute atomic E-state index is 13.2. The molecule has 2 aromatic heterocycles. The number of morpholine rings is 1. The number of aryl methyl sites for hydroxylation is 1. The Hall–Kier alpha value is -2.73. The van der Waals surface area contributed by atoms with Gasteiger partial charge in [-0.1, -0.05) is 18.2 Å². The van der Waals surface area contributed by atoms with E-state index < -0.39 is 0 Å². The number of fused-ring (bicyclic) bond motifs is 1. The number of para-hydroxylation sites is 1. The van der Waals surface area contributed by atoms with Crippen molar-refractivity contribution in [3.05, 3.63) is 59.8 Å². The highest BCUT2D eigenvalue weighted by atomic mass is 16.5. The molecule has 1 aromatic carbocycles. The molecule has 1 atom stereocenters. The molecule has 128 valence electrons. The number of ether oxygens (including phenoxy) is 1. The van der Waals surface area contributed by atoms with E-state index in [1.165, 1.54) is 0 Å². The van der Waals surface area contributed by atoms with Crippen LogP contribution in [0.5, 0.6) is 0 Å². The van der Waals surface area contributed by atoms with E-state index in [-0.39, 0.29) is 12.0 Å². The van der Waals surface area contributed by atoms with Gasteiger partial charge in [0.05, 0.1) is 30.6 Å². The first-order chi connectivity index (χ1) is 12.2. The van der Waals surface area contributed by atoms with Gasteiger partial charge in [-0.3, -0.25) is 14.8 Å². The van der Waals surface area contributed by atoms with Gasteiger partial charge < -0.3 is 14.2 Å². The summed E-state index contributed by atoms with van der Waals surface area (Å²) in [5.41, 5.74) is 3.59. The number of carbonyl (C=O) groups is 1. The average molecular weight is 336 g/mol. The SMILES string of the molecule is Cc1c(C(=O)N2CCOC(c3cnccn3)C2)c2ccccc2n1C. The van der Waals surface area contributed by atoms with Crippen LogP contribution in [-0.4, -0.2) is 45.0 Å². The summed E-state index contributed by atoms with van der Waals surface area (Å²) in [6, 6.07) is 8.02. The van der Waals surface area contributed by atoms with Gasteiger partial charge in [0.15, 0.2) is 0 Å². The van der Waals surface area contributed by atoms with Crippen molar-refractivity contribution >= 4 is 16.8 Å². The minimum atomic E-state index is -0.235. The van der Waals surface area contributed by atoms with E-state index in [1.54, 1.807) is 18.6 Å². The molecule has 1 amide bonds. The molecular weight excluding hydrogens is 316 g/mol. The molecule has 3 aromatic rings. The Labute approximate surface area is 146 Å². The zero-order valence-electron chi connectivity index (χ0n) is 14.3. The summed E-state index contributed by atoms with van der Waals surface area (Å²) in [5.74, 6) is 0.0477. The van der Waals surface area contributed by atoms with Crippen LogP contribution in [0.4, 0.5) is 0 Å². The van der Waals surface area contributed by atoms with Crippen molar-refractivity contribution in [3.8, 4) is 0 Å². The summed E-state index contributed by atoms with van der Waals surface area (Å²) in [7, 11) is 2.00. The fraction of sp³-hybridized carbons (Fsp3) is 0.316. The van der Waals surface area contributed by atoms with Gasteiger partial charge in [0, 0.05) is 42.6 Å². The van der Waals surface area contributed by atoms with Crippen molar-refractivity contribution in [2.45, 2.75) is 13.0 Å². The smallest absolute Gasteiger partial charge is 0.256 e. The zero-order chi connectivity index (χ0) is 17.4. The number of carbonyl (C=O) groups excluding carboxylic acids is 1. The quantitative estimate of drug-likeness (QED) is 0.721. The number of amides is 1. The third kappa shape index (κ3) is 2.68. The highest BCUT2D eigenvalue weighted by Crippen LogP contribution is 2.28. The summed E-state index contributed by atoms with van der Waals surface area (Å²) in [5, 5.41) is 0.995. The second-order valence-electron chi connectivity index (χ2n) is 6.28. The highest BCUT2D eigenvalue weighted by Gasteiger charge is 2.29. The standard InChI is InChI=1S/C19H20N4O2/c1-13-18(14-5-3-4-6-16(14)22(13)2)19(24)23-9-10-25-17(12-23)15-11-20-7-8-21-15/h3-8,11,17H,9-10,12H2,1-2H3. The molecule has 0 spiro atoms. The van der Waals surface area contributed by atoms with E-state index >= 15 is 0 Å². The van der Waals surface area contributed by atoms with Crippen LogP contribution in [0.25, 0.3) is 10.9 Å². The van der Waals surface area contributed by atoms with Crippen LogP contribution >= 0.6 is 0 Å². The fourth-order valence-corrected chi connectivity index (χ4v) is 3.44. The number of benzene rings is 1. The maximum Gasteiger partial charge on any atom is 0.256 e. The minimum Gasteiger partial charge on any atom is -0.368 e. The molecule has 0 bridgehead atoms. The van der Waals surface area contributed by atoms with Gasteiger partial charge in [0.1, 0.15) is 6.10 Å². The van der Waals surface area contributed by atoms with Crippen LogP contribution < -0.4 is 0 Å². The summed E-state index contributed by atoms with van der Waals surface area (Å²) in [4.78, 5) is 23.5. The normalized spacial score (nSPS) is 17.8. The second kappa shape index (κ2) is 6.29. The first kappa shape index (κ1) is 15.8. The van der Waals surface area contributed by atoms with Gasteiger partial charge in [0.25, 0.3) is 5.91 Å². The van der Waals surface area contributed by atoms with Crippen LogP contribution in [0, 0.1) is 6.92 Å². The van der Waals surface area contributed by atoms with Crippen LogP contribution in [0.1, 0.15) is 27.8 Å². The molecule has 1 fully saturated rings. The molecule has 6 heteroatoms. The summed E-state index contributed by atoms with van der Waals surface area (Å²) < 4.78 is 7.87. The third-order valence-electron chi connectivity index (χ3n) is 4.88. The molecule has 4 rings (SSSR count). The molecule has 1 aliphatic heterocycles. The topological polar surface area (TPSA) is 60.3 Å². The van der Waals surface area contributed by atoms with Crippen LogP contribution in [0.2, 0.25) is 0 Å². The Balaban J connectivity index is 1.66. The van der Waals surface area contributed by atoms with E-state index in [9.17, 15) is 4.79 Å². The first-order valence-corrected chi connectivity index (χ1v) is 8.37. The molecular formula is C19H20N4O2. The van der Waals surface area contributed by atoms with E-state index in [0.717, 1.165) is 27.9 Å². The van der Waals surface area contributed by atoms with Gasteiger partial charge in [-0.2, -0.15) is 0 Å². The second-order valence-corrected chi connectivity index (χ2v) is 6.28. The van der Waals surface area contributed by atoms with Crippen molar-refractivity contribution in [1.29, 1.82) is 0 Å². The Bertz CT molecular complexity index is 920. The highest BCUT2D eigenvalue weighted by molar-refractivity contribution is 6.08. The van der Waals surface area contributed by atoms with Gasteiger partial charge in [-0.05, 0) is 13.0 Å². The third-order valence-corrected chi connectivity index (χ3v) is 4.88. The largest absolute Gasteiger partial charge is 0.368 e. The van der Waals surface area contributed by atoms with Crippen LogP contribution in [-0.2, 0) is 11.8 Å². The fourth-order valence-electron chi connectivity index (χ4n) is 3.44. The van der Waals surface area contributed by atoms with Crippen LogP contribution in [0.15, 0.2) is 42.9 Å². The molecule has 0 aliphatic carbocycles. The average Bonchev–Trinajstić information content (AvgIpc) is 2.93. The Kier molecular flexibility index (Phi) is 3.97. The predicted octanol–water partition coefficient (Wildman–Crippen LogP) is 2.49. The lowest BCUT2D eigenvalue weighted by atomic mass is 10.1. The van der Waals surface area contributed by atoms with E-state index in [0.29, 0.717) is 19.7 Å². The lowest BCUT2D eigenvalue weighted by Crippen LogP contribution is -2.42. The zero-order valence-corrected chi connectivity index (χ0v) is 14.3. The lowest BCUT2D eigenvalue weighted by molar-refractivity contribution is -0.0248. The maximum atomic E-state index is 13.2. The molecule has 1 unspecified atom stereocenters. The molecule has 6 nitrogen and oxygen atoms in total. The number of hydrogen-bond acceptors (Lipinski definition) is 4. The molecule has 0 N–H and O–H groups in total. The summed E-state index contributed by atoms with van der Waals surface area (Å²) in [6.07, 6.45) is 4.74. The van der Waals surface area contributed by atoms with E-state index in [4.69, 9.17) is 4.74 Å². The van der Waals surface area contributed by atoms with Gasteiger partial charge in [-0.25, -0.2) is 0 Å². The van der Waals surface area contributed by atoms with Crippen molar-refractivity contribution in [1.82, 2.24) is 19.4 Å². The molecule has 3 heterocycles. The number of hydrogen-bond donors (Lipinski definition) is 0. The number of aromatic nitrogens is 3. The molecule has 1 aliphatic rings. The summed E-state index contributed by atoms with van der Waals surface area (Å²) in [6.45, 7) is 3.56. The number of nitrogens with zero attached hydrogens (tertiary/aromatic N) is 4. The van der Waals surface area contributed by atoms with Gasteiger partial charge in [-0.15, -0.1) is 0 Å². The predicted molar refractivity (Wildman–Crippen MR) is 94.3 cm³/mol. The van der Waals surface area contributed by atoms with Crippen molar-refractivity contribution in [2.75, 3.05) is 19.7 Å². The van der Waals surface area contributed by atoms with Crippen LogP contribution in [0.3, 0.4) is 0 Å². The monoisotopic (exact) mass is 336 g/mol. The molecule has 0 saturated carbocycles. The Morgan fingerprint density at radius 3 is 2.92 bits per heavy atom. The Morgan fingerprint density at radius 1 is 1.28 bits per heavy atom.